The van der Waals surface area contributed by atoms with Gasteiger partial charge in [-0.15, -0.1) is 0 Å². The largest absolute Gasteiger partial charge is 0.463 e. The Morgan fingerprint density at radius 1 is 1.73 bits per heavy atom. The fourth-order valence-corrected chi connectivity index (χ4v) is 1.36. The molecule has 82 valence electrons. The maximum Gasteiger partial charge on any atom is 0.375 e. The highest BCUT2D eigenvalue weighted by atomic mass is 16.5. The second-order valence-corrected chi connectivity index (χ2v) is 3.12. The zero-order valence-electron chi connectivity index (χ0n) is 8.36. The van der Waals surface area contributed by atoms with Gasteiger partial charge in [-0.2, -0.15) is 0 Å². The standard InChI is InChI=1S/C9H12N2O4/c1-13-9(12)7-5-11-8(15-7)6-4-10-2-3-14-6/h5-6,10H,2-4H2,1H3. The highest BCUT2D eigenvalue weighted by Crippen LogP contribution is 2.18. The lowest BCUT2D eigenvalue weighted by Gasteiger charge is -2.20. The van der Waals surface area contributed by atoms with E-state index in [1.165, 1.54) is 13.3 Å². The summed E-state index contributed by atoms with van der Waals surface area (Å²) in [4.78, 5) is 15.1. The Balaban J connectivity index is 2.08. The molecule has 6 nitrogen and oxygen atoms in total. The third-order valence-corrected chi connectivity index (χ3v) is 2.11. The van der Waals surface area contributed by atoms with Gasteiger partial charge in [-0.05, 0) is 0 Å². The Labute approximate surface area is 86.6 Å². The Bertz CT molecular complexity index is 344. The molecule has 0 spiro atoms. The van der Waals surface area contributed by atoms with Crippen LogP contribution in [0.5, 0.6) is 0 Å². The normalized spacial score (nSPS) is 21.3. The first kappa shape index (κ1) is 10.1. The van der Waals surface area contributed by atoms with E-state index in [-0.39, 0.29) is 11.9 Å². The first-order valence-corrected chi connectivity index (χ1v) is 4.67. The third kappa shape index (κ3) is 2.16. The molecule has 6 heteroatoms. The number of ether oxygens (including phenoxy) is 2. The molecule has 0 aliphatic carbocycles. The Morgan fingerprint density at radius 2 is 2.60 bits per heavy atom. The maximum absolute atomic E-state index is 11.1. The van der Waals surface area contributed by atoms with Crippen LogP contribution in [-0.4, -0.2) is 37.8 Å². The van der Waals surface area contributed by atoms with Crippen LogP contribution in [0.4, 0.5) is 0 Å². The molecule has 0 bridgehead atoms. The summed E-state index contributed by atoms with van der Waals surface area (Å²) in [6.45, 7) is 2.07. The zero-order valence-corrected chi connectivity index (χ0v) is 8.36. The molecule has 1 aromatic heterocycles. The Kier molecular flexibility index (Phi) is 2.98. The van der Waals surface area contributed by atoms with Gasteiger partial charge in [0.05, 0.1) is 19.9 Å². The van der Waals surface area contributed by atoms with Gasteiger partial charge in [-0.3, -0.25) is 0 Å². The molecule has 0 saturated carbocycles. The number of esters is 1. The van der Waals surface area contributed by atoms with Gasteiger partial charge >= 0.3 is 5.97 Å². The average Bonchev–Trinajstić information content (AvgIpc) is 2.78. The van der Waals surface area contributed by atoms with Crippen LogP contribution in [-0.2, 0) is 9.47 Å². The van der Waals surface area contributed by atoms with E-state index in [1.807, 2.05) is 0 Å². The van der Waals surface area contributed by atoms with E-state index in [9.17, 15) is 4.79 Å². The number of nitrogens with zero attached hydrogens (tertiary/aromatic N) is 1. The van der Waals surface area contributed by atoms with Crippen molar-refractivity contribution in [3.8, 4) is 0 Å². The van der Waals surface area contributed by atoms with E-state index >= 15 is 0 Å². The van der Waals surface area contributed by atoms with Crippen LogP contribution in [0.3, 0.4) is 0 Å². The van der Waals surface area contributed by atoms with Crippen molar-refractivity contribution in [2.45, 2.75) is 6.10 Å². The van der Waals surface area contributed by atoms with Crippen molar-refractivity contribution >= 4 is 5.97 Å². The number of methoxy groups -OCH3 is 1. The summed E-state index contributed by atoms with van der Waals surface area (Å²) in [6, 6.07) is 0. The van der Waals surface area contributed by atoms with E-state index in [2.05, 4.69) is 15.0 Å². The monoisotopic (exact) mass is 212 g/mol. The fraction of sp³-hybridized carbons (Fsp3) is 0.556. The summed E-state index contributed by atoms with van der Waals surface area (Å²) in [5.74, 6) is -0.0261. The molecule has 0 radical (unpaired) electrons. The molecular weight excluding hydrogens is 200 g/mol. The fourth-order valence-electron chi connectivity index (χ4n) is 1.36. The summed E-state index contributed by atoms with van der Waals surface area (Å²) in [5, 5.41) is 3.14. The molecule has 0 aromatic carbocycles. The first-order valence-electron chi connectivity index (χ1n) is 4.67. The van der Waals surface area contributed by atoms with E-state index < -0.39 is 5.97 Å². The number of oxazole rings is 1. The van der Waals surface area contributed by atoms with Crippen molar-refractivity contribution in [2.75, 3.05) is 26.8 Å². The number of nitrogens with one attached hydrogen (secondary N) is 1. The molecule has 1 aliphatic heterocycles. The Morgan fingerprint density at radius 3 is 3.27 bits per heavy atom. The number of carbonyl (C=O) groups is 1. The van der Waals surface area contributed by atoms with Crippen molar-refractivity contribution in [1.82, 2.24) is 10.3 Å². The number of hydrogen-bond donors (Lipinski definition) is 1. The van der Waals surface area contributed by atoms with E-state index in [0.717, 1.165) is 6.54 Å². The third-order valence-electron chi connectivity index (χ3n) is 2.11. The molecular formula is C9H12N2O4. The van der Waals surface area contributed by atoms with Crippen molar-refractivity contribution in [3.05, 3.63) is 17.8 Å². The molecule has 0 amide bonds. The van der Waals surface area contributed by atoms with Crippen molar-refractivity contribution < 1.29 is 18.7 Å². The van der Waals surface area contributed by atoms with Crippen LogP contribution in [0.2, 0.25) is 0 Å². The quantitative estimate of drug-likeness (QED) is 0.702. The van der Waals surface area contributed by atoms with Gasteiger partial charge < -0.3 is 19.2 Å². The zero-order chi connectivity index (χ0) is 10.7. The van der Waals surface area contributed by atoms with Gasteiger partial charge in [0.15, 0.2) is 0 Å². The smallest absolute Gasteiger partial charge is 0.375 e. The molecule has 1 unspecified atom stereocenters. The lowest BCUT2D eigenvalue weighted by Crippen LogP contribution is -2.33. The Hall–Kier alpha value is -1.40. The van der Waals surface area contributed by atoms with Gasteiger partial charge in [0, 0.05) is 13.1 Å². The molecule has 1 saturated heterocycles. The highest BCUT2D eigenvalue weighted by molar-refractivity contribution is 5.85. The number of hydrogen-bond acceptors (Lipinski definition) is 6. The van der Waals surface area contributed by atoms with Gasteiger partial charge in [0.1, 0.15) is 6.10 Å². The van der Waals surface area contributed by atoms with E-state index in [1.54, 1.807) is 0 Å². The topological polar surface area (TPSA) is 73.6 Å². The van der Waals surface area contributed by atoms with Crippen LogP contribution in [0.25, 0.3) is 0 Å². The maximum atomic E-state index is 11.1. The van der Waals surface area contributed by atoms with Crippen LogP contribution in [0.15, 0.2) is 10.6 Å². The number of carbonyl (C=O) groups excluding carboxylic acids is 1. The lowest BCUT2D eigenvalue weighted by molar-refractivity contribution is 0.00957. The number of rotatable bonds is 2. The molecule has 15 heavy (non-hydrogen) atoms. The predicted molar refractivity (Wildman–Crippen MR) is 49.4 cm³/mol. The second-order valence-electron chi connectivity index (χ2n) is 3.12. The molecule has 1 atom stereocenters. The minimum Gasteiger partial charge on any atom is -0.463 e. The van der Waals surface area contributed by atoms with Crippen LogP contribution in [0, 0.1) is 0 Å². The van der Waals surface area contributed by atoms with E-state index in [0.29, 0.717) is 19.0 Å². The molecule has 2 heterocycles. The summed E-state index contributed by atoms with van der Waals surface area (Å²) >= 11 is 0. The second kappa shape index (κ2) is 4.41. The molecule has 1 N–H and O–H groups in total. The molecule has 1 fully saturated rings. The SMILES string of the molecule is COC(=O)c1cnc(C2CNCCO2)o1. The van der Waals surface area contributed by atoms with Crippen molar-refractivity contribution in [3.63, 3.8) is 0 Å². The van der Waals surface area contributed by atoms with E-state index in [4.69, 9.17) is 9.15 Å². The summed E-state index contributed by atoms with van der Waals surface area (Å²) < 4.78 is 15.2. The number of morpholine rings is 1. The molecule has 1 aromatic rings. The van der Waals surface area contributed by atoms with Crippen LogP contribution < -0.4 is 5.32 Å². The predicted octanol–water partition coefficient (Wildman–Crippen LogP) is 0.122. The van der Waals surface area contributed by atoms with Crippen molar-refractivity contribution in [2.24, 2.45) is 0 Å². The first-order chi connectivity index (χ1) is 7.31. The molecule has 2 rings (SSSR count). The molecule has 1 aliphatic rings. The van der Waals surface area contributed by atoms with Gasteiger partial charge in [0.25, 0.3) is 0 Å². The average molecular weight is 212 g/mol. The van der Waals surface area contributed by atoms with Gasteiger partial charge in [0.2, 0.25) is 11.7 Å². The van der Waals surface area contributed by atoms with Crippen LogP contribution in [0.1, 0.15) is 22.5 Å². The van der Waals surface area contributed by atoms with Crippen LogP contribution >= 0.6 is 0 Å². The summed E-state index contributed by atoms with van der Waals surface area (Å²) in [6.07, 6.45) is 1.12. The minimum absolute atomic E-state index is 0.0988. The highest BCUT2D eigenvalue weighted by Gasteiger charge is 2.22. The summed E-state index contributed by atoms with van der Waals surface area (Å²) in [5.41, 5.74) is 0. The minimum atomic E-state index is -0.530. The lowest BCUT2D eigenvalue weighted by atomic mass is 10.3. The van der Waals surface area contributed by atoms with Gasteiger partial charge in [-0.25, -0.2) is 9.78 Å². The van der Waals surface area contributed by atoms with Crippen molar-refractivity contribution in [1.29, 1.82) is 0 Å². The van der Waals surface area contributed by atoms with Gasteiger partial charge in [-0.1, -0.05) is 0 Å². The summed E-state index contributed by atoms with van der Waals surface area (Å²) in [7, 11) is 1.29. The number of aromatic nitrogens is 1.